The molecule has 1 aromatic rings. The molecule has 1 heterocycles. The van der Waals surface area contributed by atoms with E-state index in [0.717, 1.165) is 12.2 Å². The summed E-state index contributed by atoms with van der Waals surface area (Å²) < 4.78 is 25.8. The Hall–Kier alpha value is -1.00. The van der Waals surface area contributed by atoms with Crippen molar-refractivity contribution in [3.05, 3.63) is 11.6 Å². The van der Waals surface area contributed by atoms with Crippen LogP contribution in [0.5, 0.6) is 0 Å². The zero-order valence-electron chi connectivity index (χ0n) is 8.76. The van der Waals surface area contributed by atoms with Crippen LogP contribution >= 0.6 is 0 Å². The molecule has 1 aliphatic rings. The molecule has 0 radical (unpaired) electrons. The van der Waals surface area contributed by atoms with E-state index in [9.17, 15) is 8.78 Å². The first kappa shape index (κ1) is 10.5. The first-order valence-corrected chi connectivity index (χ1v) is 5.40. The molecule has 2 rings (SSSR count). The molecule has 3 nitrogen and oxygen atoms in total. The summed E-state index contributed by atoms with van der Waals surface area (Å²) in [6, 6.07) is 0. The van der Waals surface area contributed by atoms with Crippen LogP contribution in [0, 0.1) is 0 Å². The molecule has 0 bridgehead atoms. The molecule has 0 spiro atoms. The highest BCUT2D eigenvalue weighted by Crippen LogP contribution is 2.39. The predicted octanol–water partition coefficient (Wildman–Crippen LogP) is 2.66. The van der Waals surface area contributed by atoms with Crippen molar-refractivity contribution in [3.8, 4) is 0 Å². The number of aromatic amines is 1. The second kappa shape index (κ2) is 3.87. The Morgan fingerprint density at radius 2 is 2.07 bits per heavy atom. The lowest BCUT2D eigenvalue weighted by atomic mass is 9.86. The van der Waals surface area contributed by atoms with Crippen LogP contribution in [0.4, 0.5) is 8.78 Å². The zero-order valence-corrected chi connectivity index (χ0v) is 8.76. The molecule has 0 atom stereocenters. The highest BCUT2D eigenvalue weighted by molar-refractivity contribution is 5.00. The van der Waals surface area contributed by atoms with Crippen molar-refractivity contribution < 1.29 is 8.78 Å². The van der Waals surface area contributed by atoms with Gasteiger partial charge < -0.3 is 0 Å². The molecular weight excluding hydrogens is 200 g/mol. The van der Waals surface area contributed by atoms with Gasteiger partial charge in [-0.05, 0) is 12.8 Å². The number of nitrogens with zero attached hydrogens (tertiary/aromatic N) is 2. The maximum absolute atomic E-state index is 12.9. The summed E-state index contributed by atoms with van der Waals surface area (Å²) >= 11 is 0. The van der Waals surface area contributed by atoms with Crippen LogP contribution in [0.15, 0.2) is 0 Å². The minimum atomic E-state index is -2.47. The third kappa shape index (κ3) is 2.33. The summed E-state index contributed by atoms with van der Waals surface area (Å²) in [4.78, 5) is 4.29. The minimum Gasteiger partial charge on any atom is -0.263 e. The molecule has 0 unspecified atom stereocenters. The molecular formula is C10H15F2N3. The van der Waals surface area contributed by atoms with Crippen LogP contribution in [0.25, 0.3) is 0 Å². The number of hydrogen-bond donors (Lipinski definition) is 1. The number of rotatable bonds is 2. The average molecular weight is 215 g/mol. The molecule has 0 amide bonds. The molecule has 1 aliphatic carbocycles. The van der Waals surface area contributed by atoms with E-state index in [0.29, 0.717) is 18.7 Å². The lowest BCUT2D eigenvalue weighted by Gasteiger charge is -2.26. The van der Waals surface area contributed by atoms with E-state index in [-0.39, 0.29) is 18.8 Å². The molecule has 0 saturated heterocycles. The second-order valence-corrected chi connectivity index (χ2v) is 4.12. The van der Waals surface area contributed by atoms with Gasteiger partial charge in [-0.3, -0.25) is 5.10 Å². The van der Waals surface area contributed by atoms with Crippen LogP contribution in [0.1, 0.15) is 50.2 Å². The first-order chi connectivity index (χ1) is 7.11. The van der Waals surface area contributed by atoms with Gasteiger partial charge in [-0.15, -0.1) is 0 Å². The van der Waals surface area contributed by atoms with E-state index in [1.54, 1.807) is 0 Å². The van der Waals surface area contributed by atoms with E-state index in [4.69, 9.17) is 0 Å². The van der Waals surface area contributed by atoms with E-state index in [1.807, 2.05) is 6.92 Å². The second-order valence-electron chi connectivity index (χ2n) is 4.12. The summed E-state index contributed by atoms with van der Waals surface area (Å²) in [5.41, 5.74) is 0. The molecule has 1 N–H and O–H groups in total. The Balaban J connectivity index is 2.01. The number of alkyl halides is 2. The van der Waals surface area contributed by atoms with Gasteiger partial charge in [-0.25, -0.2) is 13.8 Å². The van der Waals surface area contributed by atoms with Gasteiger partial charge in [0.25, 0.3) is 0 Å². The number of aromatic nitrogens is 3. The van der Waals surface area contributed by atoms with Crippen molar-refractivity contribution in [2.24, 2.45) is 0 Å². The van der Waals surface area contributed by atoms with Crippen molar-refractivity contribution in [2.75, 3.05) is 0 Å². The van der Waals surface area contributed by atoms with Gasteiger partial charge in [0, 0.05) is 25.2 Å². The summed E-state index contributed by atoms with van der Waals surface area (Å²) in [6.45, 7) is 1.99. The molecule has 0 aromatic carbocycles. The molecule has 1 fully saturated rings. The van der Waals surface area contributed by atoms with Gasteiger partial charge in [0.1, 0.15) is 5.82 Å². The Morgan fingerprint density at radius 3 is 2.60 bits per heavy atom. The van der Waals surface area contributed by atoms with Crippen molar-refractivity contribution >= 4 is 0 Å². The highest BCUT2D eigenvalue weighted by atomic mass is 19.3. The molecule has 0 aliphatic heterocycles. The van der Waals surface area contributed by atoms with Crippen molar-refractivity contribution in [1.82, 2.24) is 15.2 Å². The number of H-pyrrole nitrogens is 1. The Labute approximate surface area is 87.3 Å². The normalized spacial score (nSPS) is 21.8. The number of halogens is 2. The minimum absolute atomic E-state index is 0.0341. The van der Waals surface area contributed by atoms with E-state index in [1.165, 1.54) is 0 Å². The van der Waals surface area contributed by atoms with Crippen LogP contribution in [0.2, 0.25) is 0 Å². The SMILES string of the molecule is CCc1nc(C2CCC(F)(F)CC2)n[nH]1. The van der Waals surface area contributed by atoms with Crippen molar-refractivity contribution in [3.63, 3.8) is 0 Å². The van der Waals surface area contributed by atoms with Gasteiger partial charge in [0.05, 0.1) is 0 Å². The van der Waals surface area contributed by atoms with Gasteiger partial charge in [-0.1, -0.05) is 6.92 Å². The maximum Gasteiger partial charge on any atom is 0.248 e. The van der Waals surface area contributed by atoms with Crippen LogP contribution in [-0.4, -0.2) is 21.1 Å². The number of nitrogens with one attached hydrogen (secondary N) is 1. The van der Waals surface area contributed by atoms with Gasteiger partial charge in [-0.2, -0.15) is 5.10 Å². The largest absolute Gasteiger partial charge is 0.263 e. The Morgan fingerprint density at radius 1 is 1.40 bits per heavy atom. The van der Waals surface area contributed by atoms with E-state index < -0.39 is 5.92 Å². The fourth-order valence-corrected chi connectivity index (χ4v) is 1.95. The topological polar surface area (TPSA) is 41.6 Å². The molecule has 84 valence electrons. The highest BCUT2D eigenvalue weighted by Gasteiger charge is 2.36. The average Bonchev–Trinajstić information content (AvgIpc) is 2.66. The maximum atomic E-state index is 12.9. The molecule has 1 aromatic heterocycles. The summed E-state index contributed by atoms with van der Waals surface area (Å²) in [7, 11) is 0. The van der Waals surface area contributed by atoms with Gasteiger partial charge in [0.15, 0.2) is 5.82 Å². The van der Waals surface area contributed by atoms with Crippen molar-refractivity contribution in [2.45, 2.75) is 50.9 Å². The molecule has 15 heavy (non-hydrogen) atoms. The van der Waals surface area contributed by atoms with Crippen molar-refractivity contribution in [1.29, 1.82) is 0 Å². The third-order valence-electron chi connectivity index (χ3n) is 2.97. The van der Waals surface area contributed by atoms with Crippen LogP contribution in [-0.2, 0) is 6.42 Å². The van der Waals surface area contributed by atoms with E-state index in [2.05, 4.69) is 15.2 Å². The molecule has 1 saturated carbocycles. The summed E-state index contributed by atoms with van der Waals surface area (Å²) in [6.07, 6.45) is 1.72. The fraction of sp³-hybridized carbons (Fsp3) is 0.800. The summed E-state index contributed by atoms with van der Waals surface area (Å²) in [5.74, 6) is -0.814. The standard InChI is InChI=1S/C10H15F2N3/c1-2-8-13-9(15-14-8)7-3-5-10(11,12)6-4-7/h7H,2-6H2,1H3,(H,13,14,15). The Bertz CT molecular complexity index is 325. The zero-order chi connectivity index (χ0) is 10.9. The quantitative estimate of drug-likeness (QED) is 0.824. The van der Waals surface area contributed by atoms with Crippen LogP contribution < -0.4 is 0 Å². The number of hydrogen-bond acceptors (Lipinski definition) is 2. The lowest BCUT2D eigenvalue weighted by Crippen LogP contribution is -2.24. The number of aryl methyl sites for hydroxylation is 1. The van der Waals surface area contributed by atoms with Crippen LogP contribution in [0.3, 0.4) is 0 Å². The predicted molar refractivity (Wildman–Crippen MR) is 51.9 cm³/mol. The Kier molecular flexibility index (Phi) is 2.71. The fourth-order valence-electron chi connectivity index (χ4n) is 1.95. The van der Waals surface area contributed by atoms with Gasteiger partial charge >= 0.3 is 0 Å². The monoisotopic (exact) mass is 215 g/mol. The summed E-state index contributed by atoms with van der Waals surface area (Å²) in [5, 5.41) is 6.90. The molecule has 5 heteroatoms. The van der Waals surface area contributed by atoms with E-state index >= 15 is 0 Å². The third-order valence-corrected chi connectivity index (χ3v) is 2.97. The van der Waals surface area contributed by atoms with Gasteiger partial charge in [0.2, 0.25) is 5.92 Å². The lowest BCUT2D eigenvalue weighted by molar-refractivity contribution is -0.0387. The first-order valence-electron chi connectivity index (χ1n) is 5.40. The smallest absolute Gasteiger partial charge is 0.248 e.